The van der Waals surface area contributed by atoms with E-state index in [4.69, 9.17) is 9.47 Å². The van der Waals surface area contributed by atoms with Gasteiger partial charge in [0, 0.05) is 0 Å². The second-order valence-corrected chi connectivity index (χ2v) is 7.61. The summed E-state index contributed by atoms with van der Waals surface area (Å²) >= 11 is 1.43. The van der Waals surface area contributed by atoms with Gasteiger partial charge in [-0.2, -0.15) is 0 Å². The van der Waals surface area contributed by atoms with Crippen molar-refractivity contribution >= 4 is 32.6 Å². The second-order valence-electron chi connectivity index (χ2n) is 6.58. The minimum atomic E-state index is -0.226. The number of carbonyl (C=O) groups excluding carboxylic acids is 1. The predicted molar refractivity (Wildman–Crippen MR) is 115 cm³/mol. The molecule has 6 heteroatoms. The summed E-state index contributed by atoms with van der Waals surface area (Å²) in [6.45, 7) is 4.95. The van der Waals surface area contributed by atoms with Crippen LogP contribution in [0.15, 0.2) is 42.5 Å². The van der Waals surface area contributed by atoms with E-state index in [1.165, 1.54) is 16.9 Å². The molecule has 0 spiro atoms. The zero-order valence-corrected chi connectivity index (χ0v) is 17.2. The van der Waals surface area contributed by atoms with Gasteiger partial charge in [-0.25, -0.2) is 4.98 Å². The van der Waals surface area contributed by atoms with Crippen LogP contribution in [0.2, 0.25) is 0 Å². The van der Waals surface area contributed by atoms with Crippen molar-refractivity contribution in [2.45, 2.75) is 39.5 Å². The monoisotopic (exact) mass is 398 g/mol. The Labute approximate surface area is 169 Å². The molecule has 0 radical (unpaired) electrons. The number of hydrogen-bond donors (Lipinski definition) is 1. The summed E-state index contributed by atoms with van der Waals surface area (Å²) in [6, 6.07) is 13.7. The number of aromatic nitrogens is 1. The van der Waals surface area contributed by atoms with Crippen molar-refractivity contribution in [3.63, 3.8) is 0 Å². The number of aryl methyl sites for hydroxylation is 1. The number of nitrogens with zero attached hydrogens (tertiary/aromatic N) is 1. The van der Waals surface area contributed by atoms with Gasteiger partial charge in [-0.05, 0) is 48.7 Å². The lowest BCUT2D eigenvalue weighted by Gasteiger charge is -2.06. The lowest BCUT2D eigenvalue weighted by atomic mass is 10.1. The summed E-state index contributed by atoms with van der Waals surface area (Å²) in [4.78, 5) is 16.6. The van der Waals surface area contributed by atoms with Crippen LogP contribution in [0, 0.1) is 0 Å². The normalized spacial score (nSPS) is 10.8. The Morgan fingerprint density at radius 2 is 1.82 bits per heavy atom. The number of hydrogen-bond acceptors (Lipinski definition) is 5. The molecule has 0 atom stereocenters. The summed E-state index contributed by atoms with van der Waals surface area (Å²) in [6.07, 6.45) is 4.29. The quantitative estimate of drug-likeness (QED) is 0.462. The van der Waals surface area contributed by atoms with Gasteiger partial charge in [-0.3, -0.25) is 10.1 Å². The first kappa shape index (κ1) is 20.1. The highest BCUT2D eigenvalue weighted by atomic mass is 32.1. The highest BCUT2D eigenvalue weighted by molar-refractivity contribution is 7.22. The van der Waals surface area contributed by atoms with Crippen LogP contribution in [-0.4, -0.2) is 24.1 Å². The Bertz CT molecular complexity index is 906. The van der Waals surface area contributed by atoms with Crippen molar-refractivity contribution in [2.24, 2.45) is 0 Å². The molecule has 0 aliphatic heterocycles. The van der Waals surface area contributed by atoms with E-state index in [1.54, 1.807) is 0 Å². The number of nitrogens with one attached hydrogen (secondary N) is 1. The molecule has 148 valence electrons. The van der Waals surface area contributed by atoms with E-state index in [0.29, 0.717) is 17.5 Å². The molecule has 28 heavy (non-hydrogen) atoms. The van der Waals surface area contributed by atoms with Crippen LogP contribution in [0.1, 0.15) is 38.7 Å². The molecule has 0 aliphatic carbocycles. The van der Waals surface area contributed by atoms with Crippen molar-refractivity contribution in [2.75, 3.05) is 18.5 Å². The average Bonchev–Trinajstić information content (AvgIpc) is 3.09. The Balaban J connectivity index is 1.53. The fourth-order valence-electron chi connectivity index (χ4n) is 2.73. The number of anilines is 1. The van der Waals surface area contributed by atoms with Gasteiger partial charge in [0.1, 0.15) is 11.5 Å². The molecule has 0 saturated carbocycles. The molecular weight excluding hydrogens is 372 g/mol. The fourth-order valence-corrected chi connectivity index (χ4v) is 3.64. The van der Waals surface area contributed by atoms with Crippen LogP contribution < -0.4 is 14.8 Å². The van der Waals surface area contributed by atoms with Gasteiger partial charge in [0.2, 0.25) is 0 Å². The Morgan fingerprint density at radius 3 is 2.57 bits per heavy atom. The Morgan fingerprint density at radius 1 is 1.04 bits per heavy atom. The van der Waals surface area contributed by atoms with E-state index in [9.17, 15) is 4.79 Å². The van der Waals surface area contributed by atoms with Gasteiger partial charge in [-0.1, -0.05) is 50.2 Å². The molecule has 0 saturated heterocycles. The Hall–Kier alpha value is -2.60. The number of thiazole rings is 1. The van der Waals surface area contributed by atoms with Crippen LogP contribution in [-0.2, 0) is 11.2 Å². The number of unbranched alkanes of at least 4 members (excludes halogenated alkanes) is 1. The minimum Gasteiger partial charge on any atom is -0.494 e. The lowest BCUT2D eigenvalue weighted by Crippen LogP contribution is -2.19. The zero-order valence-electron chi connectivity index (χ0n) is 16.4. The maximum atomic E-state index is 12.2. The summed E-state index contributed by atoms with van der Waals surface area (Å²) in [5, 5.41) is 3.37. The summed E-state index contributed by atoms with van der Waals surface area (Å²) < 4.78 is 12.3. The molecule has 0 fully saturated rings. The highest BCUT2D eigenvalue weighted by Gasteiger charge is 2.10. The van der Waals surface area contributed by atoms with Crippen molar-refractivity contribution in [1.29, 1.82) is 0 Å². The molecule has 1 N–H and O–H groups in total. The van der Waals surface area contributed by atoms with Crippen molar-refractivity contribution in [3.05, 3.63) is 48.0 Å². The number of ether oxygens (including phenoxy) is 2. The van der Waals surface area contributed by atoms with E-state index in [2.05, 4.69) is 24.1 Å². The molecule has 0 bridgehead atoms. The second kappa shape index (κ2) is 10.1. The maximum absolute atomic E-state index is 12.2. The maximum Gasteiger partial charge on any atom is 0.264 e. The smallest absolute Gasteiger partial charge is 0.264 e. The first-order chi connectivity index (χ1) is 13.7. The number of rotatable bonds is 10. The van der Waals surface area contributed by atoms with E-state index in [-0.39, 0.29) is 12.5 Å². The summed E-state index contributed by atoms with van der Waals surface area (Å²) in [5.41, 5.74) is 2.11. The average molecular weight is 399 g/mol. The van der Waals surface area contributed by atoms with E-state index in [1.807, 2.05) is 42.5 Å². The number of benzene rings is 2. The first-order valence-corrected chi connectivity index (χ1v) is 10.5. The predicted octanol–water partition coefficient (Wildman–Crippen LogP) is 5.45. The molecule has 3 rings (SSSR count). The third-order valence-electron chi connectivity index (χ3n) is 4.20. The summed E-state index contributed by atoms with van der Waals surface area (Å²) in [5.74, 6) is 1.29. The fraction of sp³-hybridized carbons (Fsp3) is 0.364. The standard InChI is InChI=1S/C22H26N2O3S/c1-3-5-13-26-18-11-12-19-20(14-18)28-22(23-19)24-21(25)15-27-17-9-7-16(6-4-2)8-10-17/h7-12,14H,3-6,13,15H2,1-2H3,(H,23,24,25). The van der Waals surface area contributed by atoms with Gasteiger partial charge in [0.25, 0.3) is 5.91 Å². The van der Waals surface area contributed by atoms with E-state index < -0.39 is 0 Å². The Kier molecular flexibility index (Phi) is 7.25. The van der Waals surface area contributed by atoms with Crippen molar-refractivity contribution in [1.82, 2.24) is 4.98 Å². The van der Waals surface area contributed by atoms with Crippen molar-refractivity contribution in [3.8, 4) is 11.5 Å². The van der Waals surface area contributed by atoms with Gasteiger partial charge in [0.05, 0.1) is 16.8 Å². The third kappa shape index (κ3) is 5.70. The molecule has 3 aromatic rings. The molecular formula is C22H26N2O3S. The van der Waals surface area contributed by atoms with Crippen LogP contribution in [0.4, 0.5) is 5.13 Å². The van der Waals surface area contributed by atoms with E-state index in [0.717, 1.165) is 41.6 Å². The first-order valence-electron chi connectivity index (χ1n) is 9.73. The van der Waals surface area contributed by atoms with E-state index >= 15 is 0 Å². The van der Waals surface area contributed by atoms with Gasteiger partial charge in [0.15, 0.2) is 11.7 Å². The number of fused-ring (bicyclic) bond motifs is 1. The SMILES string of the molecule is CCCCOc1ccc2nc(NC(=O)COc3ccc(CCC)cc3)sc2c1. The minimum absolute atomic E-state index is 0.0472. The molecule has 2 aromatic carbocycles. The van der Waals surface area contributed by atoms with Crippen LogP contribution >= 0.6 is 11.3 Å². The molecule has 1 heterocycles. The number of amides is 1. The van der Waals surface area contributed by atoms with Crippen molar-refractivity contribution < 1.29 is 14.3 Å². The molecule has 1 amide bonds. The largest absolute Gasteiger partial charge is 0.494 e. The molecule has 1 aromatic heterocycles. The summed E-state index contributed by atoms with van der Waals surface area (Å²) in [7, 11) is 0. The molecule has 0 aliphatic rings. The van der Waals surface area contributed by atoms with Gasteiger partial charge >= 0.3 is 0 Å². The third-order valence-corrected chi connectivity index (χ3v) is 5.14. The van der Waals surface area contributed by atoms with Crippen LogP contribution in [0.25, 0.3) is 10.2 Å². The molecule has 5 nitrogen and oxygen atoms in total. The van der Waals surface area contributed by atoms with Crippen LogP contribution in [0.3, 0.4) is 0 Å². The number of carbonyl (C=O) groups is 1. The lowest BCUT2D eigenvalue weighted by molar-refractivity contribution is -0.118. The topological polar surface area (TPSA) is 60.5 Å². The van der Waals surface area contributed by atoms with Crippen LogP contribution in [0.5, 0.6) is 11.5 Å². The van der Waals surface area contributed by atoms with Gasteiger partial charge < -0.3 is 9.47 Å². The molecule has 0 unspecified atom stereocenters. The highest BCUT2D eigenvalue weighted by Crippen LogP contribution is 2.29. The zero-order chi connectivity index (χ0) is 19.8. The van der Waals surface area contributed by atoms with Gasteiger partial charge in [-0.15, -0.1) is 0 Å².